The van der Waals surface area contributed by atoms with Crippen LogP contribution in [-0.4, -0.2) is 16.7 Å². The van der Waals surface area contributed by atoms with Gasteiger partial charge in [-0.05, 0) is 25.8 Å². The third-order valence-electron chi connectivity index (χ3n) is 3.12. The van der Waals surface area contributed by atoms with Crippen molar-refractivity contribution >= 4 is 0 Å². The fourth-order valence-electron chi connectivity index (χ4n) is 1.83. The summed E-state index contributed by atoms with van der Waals surface area (Å²) in [4.78, 5) is 4.46. The first kappa shape index (κ1) is 10.6. The third-order valence-corrected chi connectivity index (χ3v) is 3.12. The van der Waals surface area contributed by atoms with E-state index in [-0.39, 0.29) is 6.04 Å². The Morgan fingerprint density at radius 1 is 1.53 bits per heavy atom. The number of hydrogen-bond acceptors (Lipinski definition) is 4. The predicted molar refractivity (Wildman–Crippen MR) is 57.6 cm³/mol. The van der Waals surface area contributed by atoms with Gasteiger partial charge in [-0.15, -0.1) is 0 Å². The molecule has 15 heavy (non-hydrogen) atoms. The lowest BCUT2D eigenvalue weighted by atomic mass is 10.1. The van der Waals surface area contributed by atoms with Crippen molar-refractivity contribution in [2.24, 2.45) is 0 Å². The van der Waals surface area contributed by atoms with Crippen LogP contribution >= 0.6 is 0 Å². The third kappa shape index (κ3) is 2.37. The highest BCUT2D eigenvalue weighted by Gasteiger charge is 2.21. The van der Waals surface area contributed by atoms with Gasteiger partial charge in [0, 0.05) is 5.92 Å². The van der Waals surface area contributed by atoms with Crippen LogP contribution in [0.25, 0.3) is 0 Å². The molecule has 84 valence electrons. The average molecular weight is 209 g/mol. The van der Waals surface area contributed by atoms with Crippen molar-refractivity contribution in [1.82, 2.24) is 15.5 Å². The van der Waals surface area contributed by atoms with Crippen LogP contribution in [0.1, 0.15) is 63.2 Å². The van der Waals surface area contributed by atoms with E-state index >= 15 is 0 Å². The summed E-state index contributed by atoms with van der Waals surface area (Å²) in [6.45, 7) is 5.33. The summed E-state index contributed by atoms with van der Waals surface area (Å²) in [5.41, 5.74) is 0. The van der Waals surface area contributed by atoms with E-state index in [9.17, 15) is 0 Å². The van der Waals surface area contributed by atoms with Crippen LogP contribution < -0.4 is 5.32 Å². The molecule has 0 aromatic carbocycles. The molecule has 4 nitrogen and oxygen atoms in total. The SMILES string of the molecule is CCC(C)c1noc([C@@H]2CCCCN2)n1. The summed E-state index contributed by atoms with van der Waals surface area (Å²) in [6.07, 6.45) is 4.67. The van der Waals surface area contributed by atoms with E-state index in [0.717, 1.165) is 31.1 Å². The Balaban J connectivity index is 2.05. The molecule has 2 rings (SSSR count). The normalized spacial score (nSPS) is 24.0. The Morgan fingerprint density at radius 2 is 2.40 bits per heavy atom. The first-order valence-electron chi connectivity index (χ1n) is 5.88. The molecule has 1 aliphatic rings. The number of nitrogens with zero attached hydrogens (tertiary/aromatic N) is 2. The van der Waals surface area contributed by atoms with E-state index in [1.807, 2.05) is 0 Å². The van der Waals surface area contributed by atoms with Gasteiger partial charge in [0.15, 0.2) is 5.82 Å². The van der Waals surface area contributed by atoms with Gasteiger partial charge < -0.3 is 9.84 Å². The van der Waals surface area contributed by atoms with E-state index in [1.54, 1.807) is 0 Å². The Kier molecular flexibility index (Phi) is 3.36. The molecule has 0 bridgehead atoms. The van der Waals surface area contributed by atoms with Crippen molar-refractivity contribution in [2.45, 2.75) is 51.5 Å². The van der Waals surface area contributed by atoms with Crippen LogP contribution in [0.2, 0.25) is 0 Å². The zero-order valence-electron chi connectivity index (χ0n) is 9.49. The van der Waals surface area contributed by atoms with Crippen LogP contribution in [0.15, 0.2) is 4.52 Å². The van der Waals surface area contributed by atoms with E-state index < -0.39 is 0 Å². The van der Waals surface area contributed by atoms with Gasteiger partial charge >= 0.3 is 0 Å². The molecule has 1 saturated heterocycles. The minimum Gasteiger partial charge on any atom is -0.338 e. The van der Waals surface area contributed by atoms with Gasteiger partial charge in [0.25, 0.3) is 0 Å². The number of hydrogen-bond donors (Lipinski definition) is 1. The van der Waals surface area contributed by atoms with Crippen LogP contribution in [0.3, 0.4) is 0 Å². The maximum absolute atomic E-state index is 5.30. The molecule has 0 radical (unpaired) electrons. The monoisotopic (exact) mass is 209 g/mol. The van der Waals surface area contributed by atoms with Crippen molar-refractivity contribution in [1.29, 1.82) is 0 Å². The lowest BCUT2D eigenvalue weighted by Crippen LogP contribution is -2.27. The van der Waals surface area contributed by atoms with E-state index in [1.165, 1.54) is 12.8 Å². The maximum atomic E-state index is 5.30. The Hall–Kier alpha value is -0.900. The molecule has 1 aromatic heterocycles. The molecule has 4 heteroatoms. The second-order valence-electron chi connectivity index (χ2n) is 4.30. The van der Waals surface area contributed by atoms with Crippen molar-refractivity contribution in [2.75, 3.05) is 6.54 Å². The summed E-state index contributed by atoms with van der Waals surface area (Å²) >= 11 is 0. The van der Waals surface area contributed by atoms with E-state index in [0.29, 0.717) is 5.92 Å². The van der Waals surface area contributed by atoms with Gasteiger partial charge in [-0.1, -0.05) is 25.4 Å². The van der Waals surface area contributed by atoms with Crippen molar-refractivity contribution < 1.29 is 4.52 Å². The average Bonchev–Trinajstić information content (AvgIpc) is 2.78. The van der Waals surface area contributed by atoms with Gasteiger partial charge in [0.1, 0.15) is 0 Å². The number of nitrogens with one attached hydrogen (secondary N) is 1. The lowest BCUT2D eigenvalue weighted by Gasteiger charge is -2.19. The molecule has 2 atom stereocenters. The highest BCUT2D eigenvalue weighted by molar-refractivity contribution is 4.97. The van der Waals surface area contributed by atoms with Gasteiger partial charge in [-0.25, -0.2) is 0 Å². The molecule has 0 aliphatic carbocycles. The zero-order valence-corrected chi connectivity index (χ0v) is 9.49. The minimum atomic E-state index is 0.282. The van der Waals surface area contributed by atoms with Crippen LogP contribution in [0, 0.1) is 0 Å². The predicted octanol–water partition coefficient (Wildman–Crippen LogP) is 2.40. The van der Waals surface area contributed by atoms with Crippen molar-refractivity contribution in [3.05, 3.63) is 11.7 Å². The second kappa shape index (κ2) is 4.75. The molecular weight excluding hydrogens is 190 g/mol. The van der Waals surface area contributed by atoms with Crippen LogP contribution in [0.4, 0.5) is 0 Å². The largest absolute Gasteiger partial charge is 0.338 e. The molecular formula is C11H19N3O. The van der Waals surface area contributed by atoms with Crippen molar-refractivity contribution in [3.8, 4) is 0 Å². The van der Waals surface area contributed by atoms with Gasteiger partial charge in [0.2, 0.25) is 5.89 Å². The lowest BCUT2D eigenvalue weighted by molar-refractivity contribution is 0.295. The van der Waals surface area contributed by atoms with Crippen LogP contribution in [0.5, 0.6) is 0 Å². The molecule has 0 saturated carbocycles. The summed E-state index contributed by atoms with van der Waals surface area (Å²) in [5.74, 6) is 2.01. The highest BCUT2D eigenvalue weighted by atomic mass is 16.5. The summed E-state index contributed by atoms with van der Waals surface area (Å²) in [6, 6.07) is 0.282. The number of aromatic nitrogens is 2. The molecule has 2 heterocycles. The maximum Gasteiger partial charge on any atom is 0.243 e. The van der Waals surface area contributed by atoms with Crippen LogP contribution in [-0.2, 0) is 0 Å². The molecule has 1 fully saturated rings. The smallest absolute Gasteiger partial charge is 0.243 e. The Bertz CT molecular complexity index is 305. The van der Waals surface area contributed by atoms with Gasteiger partial charge in [0.05, 0.1) is 6.04 Å². The van der Waals surface area contributed by atoms with Crippen molar-refractivity contribution in [3.63, 3.8) is 0 Å². The minimum absolute atomic E-state index is 0.282. The topological polar surface area (TPSA) is 51.0 Å². The first-order chi connectivity index (χ1) is 7.31. The van der Waals surface area contributed by atoms with Gasteiger partial charge in [-0.3, -0.25) is 0 Å². The first-order valence-corrected chi connectivity index (χ1v) is 5.88. The molecule has 1 N–H and O–H groups in total. The molecule has 1 aromatic rings. The summed E-state index contributed by atoms with van der Waals surface area (Å²) in [7, 11) is 0. The number of rotatable bonds is 3. The van der Waals surface area contributed by atoms with E-state index in [4.69, 9.17) is 4.52 Å². The van der Waals surface area contributed by atoms with Gasteiger partial charge in [-0.2, -0.15) is 4.98 Å². The second-order valence-corrected chi connectivity index (χ2v) is 4.30. The zero-order chi connectivity index (χ0) is 10.7. The Labute approximate surface area is 90.4 Å². The fraction of sp³-hybridized carbons (Fsp3) is 0.818. The number of piperidine rings is 1. The molecule has 0 amide bonds. The Morgan fingerprint density at radius 3 is 3.07 bits per heavy atom. The fourth-order valence-corrected chi connectivity index (χ4v) is 1.83. The standard InChI is InChI=1S/C11H19N3O/c1-3-8(2)10-13-11(15-14-10)9-6-4-5-7-12-9/h8-9,12H,3-7H2,1-2H3/t8?,9-/m0/s1. The quantitative estimate of drug-likeness (QED) is 0.830. The van der Waals surface area contributed by atoms with E-state index in [2.05, 4.69) is 29.3 Å². The highest BCUT2D eigenvalue weighted by Crippen LogP contribution is 2.23. The molecule has 1 aliphatic heterocycles. The summed E-state index contributed by atoms with van der Waals surface area (Å²) in [5, 5.41) is 7.45. The molecule has 1 unspecified atom stereocenters. The summed E-state index contributed by atoms with van der Waals surface area (Å²) < 4.78 is 5.30. The molecule has 0 spiro atoms.